The lowest BCUT2D eigenvalue weighted by Crippen LogP contribution is -2.44. The number of alkyl halides is 3. The molecule has 0 radical (unpaired) electrons. The van der Waals surface area contributed by atoms with E-state index in [1.807, 2.05) is 19.1 Å². The summed E-state index contributed by atoms with van der Waals surface area (Å²) < 4.78 is 44.8. The number of ether oxygens (including phenoxy) is 1. The van der Waals surface area contributed by atoms with Gasteiger partial charge >= 0.3 is 18.1 Å². The number of hydrogen-bond acceptors (Lipinski definition) is 4. The van der Waals surface area contributed by atoms with Crippen LogP contribution in [0.3, 0.4) is 0 Å². The highest BCUT2D eigenvalue weighted by molar-refractivity contribution is 5.76. The third-order valence-electron chi connectivity index (χ3n) is 8.61. The van der Waals surface area contributed by atoms with Gasteiger partial charge in [-0.05, 0) is 74.5 Å². The normalized spacial score (nSPS) is 36.2. The van der Waals surface area contributed by atoms with Gasteiger partial charge in [0.1, 0.15) is 6.10 Å². The molecule has 1 unspecified atom stereocenters. The first-order valence-corrected chi connectivity index (χ1v) is 12.6. The average molecular weight is 502 g/mol. The monoisotopic (exact) mass is 501 g/mol. The van der Waals surface area contributed by atoms with Crippen molar-refractivity contribution in [2.45, 2.75) is 57.2 Å². The molecule has 2 saturated carbocycles. The molecule has 2 aliphatic heterocycles. The molecule has 192 valence electrons. The van der Waals surface area contributed by atoms with E-state index in [0.717, 1.165) is 18.2 Å². The summed E-state index contributed by atoms with van der Waals surface area (Å²) in [5.41, 5.74) is 0.662. The number of carboxylic acids is 1. The summed E-state index contributed by atoms with van der Waals surface area (Å²) in [6.45, 7) is 1.93. The number of hydrogen-bond donors (Lipinski definition) is 1. The number of rotatable bonds is 4. The molecular formula is C28H30F3NO4. The Morgan fingerprint density at radius 3 is 2.72 bits per heavy atom. The number of carbonyl (C=O) groups excluding carboxylic acids is 1. The van der Waals surface area contributed by atoms with E-state index in [4.69, 9.17) is 4.74 Å². The zero-order chi connectivity index (χ0) is 25.6. The van der Waals surface area contributed by atoms with Gasteiger partial charge in [0, 0.05) is 18.1 Å². The summed E-state index contributed by atoms with van der Waals surface area (Å²) in [5.74, 6) is -1.13. The van der Waals surface area contributed by atoms with Crippen LogP contribution in [0.15, 0.2) is 53.2 Å². The molecule has 1 saturated heterocycles. The van der Waals surface area contributed by atoms with Crippen molar-refractivity contribution < 1.29 is 32.6 Å². The fourth-order valence-corrected chi connectivity index (χ4v) is 6.87. The van der Waals surface area contributed by atoms with E-state index < -0.39 is 17.7 Å². The van der Waals surface area contributed by atoms with E-state index in [-0.39, 0.29) is 47.6 Å². The predicted molar refractivity (Wildman–Crippen MR) is 127 cm³/mol. The van der Waals surface area contributed by atoms with Crippen molar-refractivity contribution in [3.05, 3.63) is 59.3 Å². The summed E-state index contributed by atoms with van der Waals surface area (Å²) in [6, 6.07) is 5.36. The second kappa shape index (κ2) is 9.52. The van der Waals surface area contributed by atoms with Gasteiger partial charge in [0.2, 0.25) is 0 Å². The highest BCUT2D eigenvalue weighted by atomic mass is 19.4. The van der Waals surface area contributed by atoms with E-state index in [1.165, 1.54) is 12.1 Å². The Labute approximate surface area is 208 Å². The van der Waals surface area contributed by atoms with Gasteiger partial charge in [-0.15, -0.1) is 0 Å². The maximum atomic E-state index is 13.1. The Morgan fingerprint density at radius 1 is 1.22 bits per heavy atom. The Hall–Kier alpha value is -2.90. The molecule has 1 aromatic rings. The standard InChI is InChI=1S/C28H30F3NO4/c1-15-25-23(22-9-6-17(26(33)34)11-19(22)13-24(25)27(35)36-15)10-8-21-7-5-18(14-32-21)16-3-2-4-20(12-16)28(29,30)31/h2-4,7-8,10,12,14-15,17-19,22-25H,5-6,9,11,13H2,1H3,(H,33,34)/b10-8+/t15-,17-,18?,19+,22-,23+,24-,25+/m1/s1. The van der Waals surface area contributed by atoms with Gasteiger partial charge in [0.25, 0.3) is 0 Å². The summed E-state index contributed by atoms with van der Waals surface area (Å²) >= 11 is 0. The topological polar surface area (TPSA) is 76.0 Å². The summed E-state index contributed by atoms with van der Waals surface area (Å²) in [5, 5.41) is 9.52. The molecule has 1 N–H and O–H groups in total. The van der Waals surface area contributed by atoms with Gasteiger partial charge in [-0.2, -0.15) is 13.2 Å². The number of fused-ring (bicyclic) bond motifs is 2. The number of nitrogens with zero attached hydrogens (tertiary/aromatic N) is 1. The molecule has 8 atom stereocenters. The smallest absolute Gasteiger partial charge is 0.416 e. The molecule has 4 aliphatic rings. The maximum absolute atomic E-state index is 13.1. The number of aliphatic carboxylic acids is 1. The van der Waals surface area contributed by atoms with Crippen LogP contribution in [-0.2, 0) is 20.5 Å². The quantitative estimate of drug-likeness (QED) is 0.512. The SMILES string of the molecule is C[C@H]1OC(=O)[C@@H]2C[C@@H]3C[C@H](C(=O)O)CC[C@H]3[C@H](/C=C/C3=CCC(c4cccc(C(F)(F)F)c4)C=N3)[C@H]12. The second-order valence-electron chi connectivity index (χ2n) is 10.6. The number of carboxylic acid groups (broad SMARTS) is 1. The fourth-order valence-electron chi connectivity index (χ4n) is 6.87. The lowest BCUT2D eigenvalue weighted by Gasteiger charge is -2.47. The fraction of sp³-hybridized carbons (Fsp3) is 0.536. The first-order chi connectivity index (χ1) is 17.1. The maximum Gasteiger partial charge on any atom is 0.416 e. The Morgan fingerprint density at radius 2 is 2.03 bits per heavy atom. The number of aliphatic imine (C=N–C) groups is 1. The minimum Gasteiger partial charge on any atom is -0.481 e. The number of halogens is 3. The highest BCUT2D eigenvalue weighted by Crippen LogP contribution is 2.54. The van der Waals surface area contributed by atoms with E-state index in [1.54, 1.807) is 12.3 Å². The molecule has 8 heteroatoms. The van der Waals surface area contributed by atoms with Gasteiger partial charge in [-0.1, -0.05) is 30.4 Å². The van der Waals surface area contributed by atoms with E-state index in [0.29, 0.717) is 37.2 Å². The van der Waals surface area contributed by atoms with Crippen LogP contribution in [0.2, 0.25) is 0 Å². The minimum atomic E-state index is -4.38. The molecule has 2 aliphatic carbocycles. The molecule has 1 aromatic carbocycles. The first kappa shape index (κ1) is 24.8. The van der Waals surface area contributed by atoms with Crippen molar-refractivity contribution in [2.24, 2.45) is 40.5 Å². The van der Waals surface area contributed by atoms with Gasteiger partial charge in [0.15, 0.2) is 0 Å². The largest absolute Gasteiger partial charge is 0.481 e. The van der Waals surface area contributed by atoms with Crippen LogP contribution in [0.25, 0.3) is 0 Å². The van der Waals surface area contributed by atoms with E-state index in [2.05, 4.69) is 11.1 Å². The Bertz CT molecular complexity index is 1120. The van der Waals surface area contributed by atoms with Gasteiger partial charge in [-0.3, -0.25) is 14.6 Å². The first-order valence-electron chi connectivity index (χ1n) is 12.6. The van der Waals surface area contributed by atoms with Crippen molar-refractivity contribution in [3.8, 4) is 0 Å². The van der Waals surface area contributed by atoms with Gasteiger partial charge in [-0.25, -0.2) is 0 Å². The second-order valence-corrected chi connectivity index (χ2v) is 10.6. The van der Waals surface area contributed by atoms with Crippen LogP contribution in [0.4, 0.5) is 13.2 Å². The van der Waals surface area contributed by atoms with Crippen molar-refractivity contribution in [3.63, 3.8) is 0 Å². The zero-order valence-corrected chi connectivity index (χ0v) is 20.0. The molecule has 0 bridgehead atoms. The third-order valence-corrected chi connectivity index (χ3v) is 8.61. The number of allylic oxidation sites excluding steroid dienone is 3. The van der Waals surface area contributed by atoms with Crippen molar-refractivity contribution in [2.75, 3.05) is 0 Å². The Kier molecular flexibility index (Phi) is 6.55. The van der Waals surface area contributed by atoms with E-state index >= 15 is 0 Å². The summed E-state index contributed by atoms with van der Waals surface area (Å²) in [6.07, 6.45) is 6.39. The number of cyclic esters (lactones) is 1. The van der Waals surface area contributed by atoms with Crippen LogP contribution >= 0.6 is 0 Å². The molecule has 2 heterocycles. The van der Waals surface area contributed by atoms with Crippen LogP contribution in [0, 0.1) is 35.5 Å². The lowest BCUT2D eigenvalue weighted by molar-refractivity contribution is -0.145. The molecular weight excluding hydrogens is 471 g/mol. The zero-order valence-electron chi connectivity index (χ0n) is 20.0. The van der Waals surface area contributed by atoms with Crippen LogP contribution in [-0.4, -0.2) is 29.4 Å². The Balaban J connectivity index is 1.32. The van der Waals surface area contributed by atoms with Gasteiger partial charge in [0.05, 0.1) is 23.1 Å². The summed E-state index contributed by atoms with van der Waals surface area (Å²) in [7, 11) is 0. The minimum absolute atomic E-state index is 0.0578. The number of carbonyl (C=O) groups is 2. The molecule has 5 nitrogen and oxygen atoms in total. The molecule has 0 aromatic heterocycles. The lowest BCUT2D eigenvalue weighted by atomic mass is 9.56. The third kappa shape index (κ3) is 4.74. The van der Waals surface area contributed by atoms with Crippen LogP contribution < -0.4 is 0 Å². The summed E-state index contributed by atoms with van der Waals surface area (Å²) in [4.78, 5) is 28.7. The van der Waals surface area contributed by atoms with Gasteiger partial charge < -0.3 is 9.84 Å². The van der Waals surface area contributed by atoms with Crippen molar-refractivity contribution >= 4 is 18.2 Å². The van der Waals surface area contributed by atoms with Crippen LogP contribution in [0.1, 0.15) is 56.1 Å². The number of benzene rings is 1. The highest BCUT2D eigenvalue weighted by Gasteiger charge is 2.54. The molecule has 36 heavy (non-hydrogen) atoms. The molecule has 0 amide bonds. The van der Waals surface area contributed by atoms with Crippen LogP contribution in [0.5, 0.6) is 0 Å². The van der Waals surface area contributed by atoms with Crippen molar-refractivity contribution in [1.29, 1.82) is 0 Å². The molecule has 3 fully saturated rings. The van der Waals surface area contributed by atoms with Crippen molar-refractivity contribution in [1.82, 2.24) is 0 Å². The number of esters is 1. The average Bonchev–Trinajstić information content (AvgIpc) is 3.14. The molecule has 0 spiro atoms. The van der Waals surface area contributed by atoms with E-state index in [9.17, 15) is 27.9 Å². The predicted octanol–water partition coefficient (Wildman–Crippen LogP) is 6.02. The molecule has 5 rings (SSSR count).